The third-order valence-corrected chi connectivity index (χ3v) is 4.34. The van der Waals surface area contributed by atoms with Crippen LogP contribution in [0.4, 0.5) is 0 Å². The van der Waals surface area contributed by atoms with Crippen LogP contribution in [-0.2, 0) is 11.2 Å². The molecule has 0 aliphatic carbocycles. The molecule has 4 nitrogen and oxygen atoms in total. The van der Waals surface area contributed by atoms with E-state index in [1.807, 2.05) is 25.1 Å². The lowest BCUT2D eigenvalue weighted by atomic mass is 10.2. The minimum Gasteiger partial charge on any atom is -0.347 e. The summed E-state index contributed by atoms with van der Waals surface area (Å²) in [5.41, 5.74) is 1.83. The molecule has 1 N–H and O–H groups in total. The van der Waals surface area contributed by atoms with Crippen LogP contribution in [0.3, 0.4) is 0 Å². The molecule has 0 saturated heterocycles. The molecular formula is C15H19N3OS. The summed E-state index contributed by atoms with van der Waals surface area (Å²) in [4.78, 5) is 22.0. The molecule has 20 heavy (non-hydrogen) atoms. The summed E-state index contributed by atoms with van der Waals surface area (Å²) in [7, 11) is 0. The second kappa shape index (κ2) is 6.61. The van der Waals surface area contributed by atoms with Crippen molar-refractivity contribution in [3.63, 3.8) is 0 Å². The Bertz CT molecular complexity index is 561. The van der Waals surface area contributed by atoms with E-state index in [0.29, 0.717) is 6.42 Å². The average Bonchev–Trinajstić information content (AvgIpc) is 2.77. The van der Waals surface area contributed by atoms with E-state index >= 15 is 0 Å². The van der Waals surface area contributed by atoms with Crippen molar-refractivity contribution in [1.82, 2.24) is 15.3 Å². The number of nitrogens with one attached hydrogen (secondary N) is 1. The Labute approximate surface area is 123 Å². The summed E-state index contributed by atoms with van der Waals surface area (Å²) in [6.07, 6.45) is 2.84. The maximum absolute atomic E-state index is 12.1. The normalized spacial score (nSPS) is 12.2. The molecule has 0 aromatic carbocycles. The van der Waals surface area contributed by atoms with Gasteiger partial charge in [-0.25, -0.2) is 4.98 Å². The number of hydrogen-bond donors (Lipinski definition) is 1. The van der Waals surface area contributed by atoms with E-state index < -0.39 is 0 Å². The number of carbonyl (C=O) groups is 1. The Morgan fingerprint density at radius 1 is 1.40 bits per heavy atom. The van der Waals surface area contributed by atoms with Gasteiger partial charge in [0.15, 0.2) is 0 Å². The van der Waals surface area contributed by atoms with Crippen molar-refractivity contribution in [2.45, 2.75) is 39.7 Å². The van der Waals surface area contributed by atoms with Crippen LogP contribution in [0.2, 0.25) is 0 Å². The summed E-state index contributed by atoms with van der Waals surface area (Å²) in [5.74, 6) is -0.0129. The van der Waals surface area contributed by atoms with Crippen molar-refractivity contribution in [2.75, 3.05) is 0 Å². The quantitative estimate of drug-likeness (QED) is 0.920. The lowest BCUT2D eigenvalue weighted by molar-refractivity contribution is -0.121. The minimum atomic E-state index is -0.0129. The molecular weight excluding hydrogens is 270 g/mol. The van der Waals surface area contributed by atoms with Gasteiger partial charge < -0.3 is 5.32 Å². The second-order valence-electron chi connectivity index (χ2n) is 4.72. The van der Waals surface area contributed by atoms with E-state index in [1.165, 1.54) is 4.88 Å². The maximum Gasteiger partial charge on any atom is 0.226 e. The summed E-state index contributed by atoms with van der Waals surface area (Å²) in [6, 6.07) is 5.58. The molecule has 106 valence electrons. The Morgan fingerprint density at radius 2 is 2.20 bits per heavy atom. The third-order valence-electron chi connectivity index (χ3n) is 3.15. The van der Waals surface area contributed by atoms with Gasteiger partial charge in [-0.05, 0) is 32.4 Å². The van der Waals surface area contributed by atoms with Gasteiger partial charge in [0.2, 0.25) is 5.91 Å². The van der Waals surface area contributed by atoms with Crippen molar-refractivity contribution in [3.05, 3.63) is 45.7 Å². The van der Waals surface area contributed by atoms with Crippen LogP contribution in [0.5, 0.6) is 0 Å². The summed E-state index contributed by atoms with van der Waals surface area (Å²) in [5, 5.41) is 4.02. The molecule has 0 fully saturated rings. The fourth-order valence-electron chi connectivity index (χ4n) is 1.90. The molecule has 2 heterocycles. The predicted molar refractivity (Wildman–Crippen MR) is 80.7 cm³/mol. The molecule has 0 saturated carbocycles. The molecule has 0 bridgehead atoms. The van der Waals surface area contributed by atoms with Gasteiger partial charge in [0, 0.05) is 16.8 Å². The summed E-state index contributed by atoms with van der Waals surface area (Å²) >= 11 is 1.65. The number of rotatable bonds is 5. The molecule has 1 atom stereocenters. The van der Waals surface area contributed by atoms with Crippen LogP contribution in [0.1, 0.15) is 40.7 Å². The van der Waals surface area contributed by atoms with E-state index in [0.717, 1.165) is 22.8 Å². The lowest BCUT2D eigenvalue weighted by Crippen LogP contribution is -2.29. The number of aryl methyl sites for hydroxylation is 2. The van der Waals surface area contributed by atoms with E-state index in [4.69, 9.17) is 0 Å². The molecule has 2 aromatic rings. The second-order valence-corrected chi connectivity index (χ2v) is 5.95. The standard InChI is InChI=1S/C15H19N3OS/c1-4-13(15-17-10(2)11(3)20-15)18-14(19)9-12-7-5-6-8-16-12/h5-8,13H,4,9H2,1-3H3,(H,18,19)/t13-/m0/s1. The third kappa shape index (κ3) is 3.63. The van der Waals surface area contributed by atoms with Crippen LogP contribution in [0.25, 0.3) is 0 Å². The molecule has 2 rings (SSSR count). The molecule has 5 heteroatoms. The molecule has 0 radical (unpaired) electrons. The highest BCUT2D eigenvalue weighted by Crippen LogP contribution is 2.24. The molecule has 0 aliphatic rings. The molecule has 2 aromatic heterocycles. The first-order valence-electron chi connectivity index (χ1n) is 6.73. The van der Waals surface area contributed by atoms with Crippen molar-refractivity contribution >= 4 is 17.2 Å². The van der Waals surface area contributed by atoms with Gasteiger partial charge in [-0.1, -0.05) is 13.0 Å². The first-order valence-corrected chi connectivity index (χ1v) is 7.55. The van der Waals surface area contributed by atoms with Crippen molar-refractivity contribution in [3.8, 4) is 0 Å². The zero-order valence-electron chi connectivity index (χ0n) is 12.0. The van der Waals surface area contributed by atoms with Gasteiger partial charge in [-0.15, -0.1) is 11.3 Å². The minimum absolute atomic E-state index is 0.0105. The number of hydrogen-bond acceptors (Lipinski definition) is 4. The van der Waals surface area contributed by atoms with Gasteiger partial charge in [-0.2, -0.15) is 0 Å². The van der Waals surface area contributed by atoms with E-state index in [9.17, 15) is 4.79 Å². The van der Waals surface area contributed by atoms with Crippen LogP contribution < -0.4 is 5.32 Å². The van der Waals surface area contributed by atoms with Gasteiger partial charge in [0.05, 0.1) is 18.2 Å². The van der Waals surface area contributed by atoms with Crippen LogP contribution in [0.15, 0.2) is 24.4 Å². The zero-order chi connectivity index (χ0) is 14.5. The maximum atomic E-state index is 12.1. The number of amides is 1. The van der Waals surface area contributed by atoms with Gasteiger partial charge >= 0.3 is 0 Å². The van der Waals surface area contributed by atoms with Crippen molar-refractivity contribution < 1.29 is 4.79 Å². The highest BCUT2D eigenvalue weighted by atomic mass is 32.1. The Morgan fingerprint density at radius 3 is 2.75 bits per heavy atom. The van der Waals surface area contributed by atoms with Gasteiger partial charge in [-0.3, -0.25) is 9.78 Å². The Hall–Kier alpha value is -1.75. The van der Waals surface area contributed by atoms with Gasteiger partial charge in [0.1, 0.15) is 5.01 Å². The van der Waals surface area contributed by atoms with Crippen molar-refractivity contribution in [1.29, 1.82) is 0 Å². The number of thiazole rings is 1. The number of nitrogens with zero attached hydrogens (tertiary/aromatic N) is 2. The number of carbonyl (C=O) groups excluding carboxylic acids is 1. The fraction of sp³-hybridized carbons (Fsp3) is 0.400. The van der Waals surface area contributed by atoms with Crippen LogP contribution in [0, 0.1) is 13.8 Å². The van der Waals surface area contributed by atoms with Crippen LogP contribution >= 0.6 is 11.3 Å². The Balaban J connectivity index is 2.01. The van der Waals surface area contributed by atoms with E-state index in [-0.39, 0.29) is 11.9 Å². The smallest absolute Gasteiger partial charge is 0.226 e. The number of aromatic nitrogens is 2. The molecule has 0 unspecified atom stereocenters. The highest BCUT2D eigenvalue weighted by molar-refractivity contribution is 7.11. The van der Waals surface area contributed by atoms with E-state index in [1.54, 1.807) is 17.5 Å². The monoisotopic (exact) mass is 289 g/mol. The average molecular weight is 289 g/mol. The fourth-order valence-corrected chi connectivity index (χ4v) is 2.96. The largest absolute Gasteiger partial charge is 0.347 e. The predicted octanol–water partition coefficient (Wildman–Crippen LogP) is 2.96. The van der Waals surface area contributed by atoms with Crippen molar-refractivity contribution in [2.24, 2.45) is 0 Å². The first-order chi connectivity index (χ1) is 9.60. The summed E-state index contributed by atoms with van der Waals surface area (Å²) < 4.78 is 0. The SMILES string of the molecule is CC[C@H](NC(=O)Cc1ccccn1)c1nc(C)c(C)s1. The van der Waals surface area contributed by atoms with Crippen LogP contribution in [-0.4, -0.2) is 15.9 Å². The first kappa shape index (κ1) is 14.7. The lowest BCUT2D eigenvalue weighted by Gasteiger charge is -2.14. The Kier molecular flexibility index (Phi) is 4.84. The topological polar surface area (TPSA) is 54.9 Å². The highest BCUT2D eigenvalue weighted by Gasteiger charge is 2.17. The van der Waals surface area contributed by atoms with E-state index in [2.05, 4.69) is 29.1 Å². The molecule has 1 amide bonds. The number of pyridine rings is 1. The molecule has 0 aliphatic heterocycles. The zero-order valence-corrected chi connectivity index (χ0v) is 12.8. The van der Waals surface area contributed by atoms with Gasteiger partial charge in [0.25, 0.3) is 0 Å². The summed E-state index contributed by atoms with van der Waals surface area (Å²) in [6.45, 7) is 6.11. The molecule has 0 spiro atoms.